The van der Waals surface area contributed by atoms with Crippen molar-refractivity contribution in [2.24, 2.45) is 23.7 Å². The van der Waals surface area contributed by atoms with Gasteiger partial charge in [-0.1, -0.05) is 19.1 Å². The van der Waals surface area contributed by atoms with Crippen LogP contribution in [0.3, 0.4) is 0 Å². The van der Waals surface area contributed by atoms with E-state index in [-0.39, 0.29) is 0 Å². The molecule has 2 unspecified atom stereocenters. The van der Waals surface area contributed by atoms with Gasteiger partial charge < -0.3 is 5.32 Å². The molecule has 3 atom stereocenters. The Hall–Kier alpha value is -0.300. The predicted molar refractivity (Wildman–Crippen MR) is 59.0 cm³/mol. The van der Waals surface area contributed by atoms with Crippen LogP contribution >= 0.6 is 0 Å². The smallest absolute Gasteiger partial charge is 0.00722 e. The SMILES string of the molecule is CC1CC(NC[C@@H]2CC3C=CC2C3)C1. The van der Waals surface area contributed by atoms with Gasteiger partial charge in [-0.25, -0.2) is 0 Å². The standard InChI is InChI=1S/C13H21N/c1-9-4-13(5-9)14-8-12-7-10-2-3-11(12)6-10/h2-3,9-14H,4-8H2,1H3/t9?,10?,11?,12-,13?/m0/s1. The molecule has 0 saturated heterocycles. The molecule has 3 rings (SSSR count). The van der Waals surface area contributed by atoms with Crippen molar-refractivity contribution in [2.45, 2.75) is 38.6 Å². The highest BCUT2D eigenvalue weighted by molar-refractivity contribution is 5.10. The first-order valence-electron chi connectivity index (χ1n) is 6.23. The lowest BCUT2D eigenvalue weighted by molar-refractivity contribution is 0.226. The molecule has 0 amide bonds. The van der Waals surface area contributed by atoms with Crippen LogP contribution in [0.25, 0.3) is 0 Å². The summed E-state index contributed by atoms with van der Waals surface area (Å²) in [6.07, 6.45) is 10.6. The maximum Gasteiger partial charge on any atom is 0.00722 e. The van der Waals surface area contributed by atoms with Crippen LogP contribution < -0.4 is 5.32 Å². The molecule has 3 aliphatic rings. The first-order valence-corrected chi connectivity index (χ1v) is 6.23. The van der Waals surface area contributed by atoms with Crippen molar-refractivity contribution in [3.63, 3.8) is 0 Å². The number of hydrogen-bond acceptors (Lipinski definition) is 1. The minimum Gasteiger partial charge on any atom is -0.314 e. The molecule has 2 fully saturated rings. The molecular formula is C13H21N. The van der Waals surface area contributed by atoms with Crippen molar-refractivity contribution in [1.82, 2.24) is 5.32 Å². The van der Waals surface area contributed by atoms with Crippen LogP contribution in [-0.4, -0.2) is 12.6 Å². The Morgan fingerprint density at radius 2 is 2.00 bits per heavy atom. The Kier molecular flexibility index (Phi) is 2.16. The van der Waals surface area contributed by atoms with Crippen LogP contribution in [0, 0.1) is 23.7 Å². The van der Waals surface area contributed by atoms with Gasteiger partial charge in [0.15, 0.2) is 0 Å². The molecule has 1 nitrogen and oxygen atoms in total. The van der Waals surface area contributed by atoms with Gasteiger partial charge >= 0.3 is 0 Å². The molecule has 0 aliphatic heterocycles. The van der Waals surface area contributed by atoms with Gasteiger partial charge in [-0.05, 0) is 55.9 Å². The third-order valence-electron chi connectivity index (χ3n) is 4.46. The number of hydrogen-bond donors (Lipinski definition) is 1. The van der Waals surface area contributed by atoms with Crippen molar-refractivity contribution in [2.75, 3.05) is 6.54 Å². The molecule has 0 radical (unpaired) electrons. The molecule has 1 N–H and O–H groups in total. The van der Waals surface area contributed by atoms with Crippen LogP contribution in [0.15, 0.2) is 12.2 Å². The van der Waals surface area contributed by atoms with Gasteiger partial charge in [-0.2, -0.15) is 0 Å². The minimum absolute atomic E-state index is 0.855. The van der Waals surface area contributed by atoms with E-state index in [2.05, 4.69) is 24.4 Å². The molecule has 2 bridgehead atoms. The Balaban J connectivity index is 1.43. The summed E-state index contributed by atoms with van der Waals surface area (Å²) in [6, 6.07) is 0.855. The average molecular weight is 191 g/mol. The molecule has 0 spiro atoms. The molecule has 0 aromatic carbocycles. The van der Waals surface area contributed by atoms with E-state index in [1.165, 1.54) is 32.2 Å². The van der Waals surface area contributed by atoms with Gasteiger partial charge in [0.05, 0.1) is 0 Å². The average Bonchev–Trinajstić information content (AvgIpc) is 2.71. The van der Waals surface area contributed by atoms with Gasteiger partial charge in [-0.15, -0.1) is 0 Å². The third-order valence-corrected chi connectivity index (χ3v) is 4.46. The normalized spacial score (nSPS) is 49.6. The summed E-state index contributed by atoms with van der Waals surface area (Å²) in [7, 11) is 0. The zero-order chi connectivity index (χ0) is 9.54. The molecule has 14 heavy (non-hydrogen) atoms. The summed E-state index contributed by atoms with van der Waals surface area (Å²) in [6.45, 7) is 3.64. The highest BCUT2D eigenvalue weighted by Gasteiger charge is 2.36. The van der Waals surface area contributed by atoms with Crippen LogP contribution in [0.1, 0.15) is 32.6 Å². The van der Waals surface area contributed by atoms with Crippen molar-refractivity contribution < 1.29 is 0 Å². The minimum atomic E-state index is 0.855. The predicted octanol–water partition coefficient (Wildman–Crippen LogP) is 2.59. The summed E-state index contributed by atoms with van der Waals surface area (Å²) < 4.78 is 0. The molecule has 2 saturated carbocycles. The molecule has 1 heteroatoms. The summed E-state index contributed by atoms with van der Waals surface area (Å²) in [5.74, 6) is 3.80. The maximum absolute atomic E-state index is 3.74. The lowest BCUT2D eigenvalue weighted by Gasteiger charge is -2.35. The molecule has 3 aliphatic carbocycles. The summed E-state index contributed by atoms with van der Waals surface area (Å²) >= 11 is 0. The van der Waals surface area contributed by atoms with Crippen molar-refractivity contribution >= 4 is 0 Å². The lowest BCUT2D eigenvalue weighted by Crippen LogP contribution is -2.42. The first-order chi connectivity index (χ1) is 6.81. The van der Waals surface area contributed by atoms with Crippen LogP contribution in [-0.2, 0) is 0 Å². The summed E-state index contributed by atoms with van der Waals surface area (Å²) in [5.41, 5.74) is 0. The summed E-state index contributed by atoms with van der Waals surface area (Å²) in [4.78, 5) is 0. The van der Waals surface area contributed by atoms with E-state index in [1.807, 2.05) is 0 Å². The van der Waals surface area contributed by atoms with Crippen LogP contribution in [0.5, 0.6) is 0 Å². The molecule has 0 aromatic heterocycles. The van der Waals surface area contributed by atoms with E-state index < -0.39 is 0 Å². The molecular weight excluding hydrogens is 170 g/mol. The second kappa shape index (κ2) is 3.37. The zero-order valence-corrected chi connectivity index (χ0v) is 9.08. The van der Waals surface area contributed by atoms with Gasteiger partial charge in [0, 0.05) is 6.04 Å². The second-order valence-electron chi connectivity index (χ2n) is 5.72. The largest absolute Gasteiger partial charge is 0.314 e. The molecule has 78 valence electrons. The fraction of sp³-hybridized carbons (Fsp3) is 0.846. The fourth-order valence-electron chi connectivity index (χ4n) is 3.52. The fourth-order valence-corrected chi connectivity index (χ4v) is 3.52. The number of fused-ring (bicyclic) bond motifs is 2. The Labute approximate surface area is 87.0 Å². The van der Waals surface area contributed by atoms with Crippen molar-refractivity contribution in [3.05, 3.63) is 12.2 Å². The van der Waals surface area contributed by atoms with Crippen molar-refractivity contribution in [3.8, 4) is 0 Å². The van der Waals surface area contributed by atoms with E-state index in [0.717, 1.165) is 29.7 Å². The van der Waals surface area contributed by atoms with E-state index in [9.17, 15) is 0 Å². The first kappa shape index (κ1) is 8.96. The third kappa shape index (κ3) is 1.52. The second-order valence-corrected chi connectivity index (χ2v) is 5.72. The number of rotatable bonds is 3. The maximum atomic E-state index is 3.74. The Bertz CT molecular complexity index is 240. The zero-order valence-electron chi connectivity index (χ0n) is 9.08. The molecule has 0 heterocycles. The van der Waals surface area contributed by atoms with E-state index in [4.69, 9.17) is 0 Å². The topological polar surface area (TPSA) is 12.0 Å². The van der Waals surface area contributed by atoms with Gasteiger partial charge in [0.25, 0.3) is 0 Å². The highest BCUT2D eigenvalue weighted by atomic mass is 14.9. The lowest BCUT2D eigenvalue weighted by atomic mass is 9.81. The molecule has 0 aromatic rings. The quantitative estimate of drug-likeness (QED) is 0.676. The summed E-state index contributed by atoms with van der Waals surface area (Å²) in [5, 5.41) is 3.74. The Morgan fingerprint density at radius 3 is 2.57 bits per heavy atom. The van der Waals surface area contributed by atoms with Crippen molar-refractivity contribution in [1.29, 1.82) is 0 Å². The van der Waals surface area contributed by atoms with E-state index in [1.54, 1.807) is 0 Å². The number of allylic oxidation sites excluding steroid dienone is 2. The van der Waals surface area contributed by atoms with Crippen LogP contribution in [0.2, 0.25) is 0 Å². The van der Waals surface area contributed by atoms with Gasteiger partial charge in [-0.3, -0.25) is 0 Å². The number of nitrogens with one attached hydrogen (secondary N) is 1. The van der Waals surface area contributed by atoms with E-state index >= 15 is 0 Å². The monoisotopic (exact) mass is 191 g/mol. The van der Waals surface area contributed by atoms with Gasteiger partial charge in [0.2, 0.25) is 0 Å². The Morgan fingerprint density at radius 1 is 1.14 bits per heavy atom. The van der Waals surface area contributed by atoms with E-state index in [0.29, 0.717) is 0 Å². The highest BCUT2D eigenvalue weighted by Crippen LogP contribution is 2.43. The van der Waals surface area contributed by atoms with Gasteiger partial charge in [0.1, 0.15) is 0 Å². The van der Waals surface area contributed by atoms with Crippen LogP contribution in [0.4, 0.5) is 0 Å².